The minimum absolute atomic E-state index is 0.0255. The van der Waals surface area contributed by atoms with Crippen molar-refractivity contribution in [3.05, 3.63) is 24.3 Å². The lowest BCUT2D eigenvalue weighted by Crippen LogP contribution is -2.47. The van der Waals surface area contributed by atoms with Crippen molar-refractivity contribution in [3.8, 4) is 0 Å². The number of imidazole rings is 1. The van der Waals surface area contributed by atoms with Gasteiger partial charge in [-0.25, -0.2) is 22.2 Å². The number of thioether (sulfide) groups is 1. The summed E-state index contributed by atoms with van der Waals surface area (Å²) in [4.78, 5) is 30.1. The molecular weight excluding hydrogens is 416 g/mol. The van der Waals surface area contributed by atoms with Crippen molar-refractivity contribution >= 4 is 44.8 Å². The molecule has 29 heavy (non-hydrogen) atoms. The Balaban J connectivity index is 1.57. The van der Waals surface area contributed by atoms with E-state index < -0.39 is 10.0 Å². The number of piperidine rings is 1. The molecule has 3 rings (SSSR count). The number of benzene rings is 1. The highest BCUT2D eigenvalue weighted by atomic mass is 32.2. The number of carbonyl (C=O) groups is 2. The number of amides is 2. The van der Waals surface area contributed by atoms with Crippen LogP contribution in [0.5, 0.6) is 0 Å². The number of carbonyl (C=O) groups excluding carboxylic acids is 2. The van der Waals surface area contributed by atoms with Gasteiger partial charge >= 0.3 is 6.09 Å². The van der Waals surface area contributed by atoms with Crippen LogP contribution in [0.25, 0.3) is 11.0 Å². The van der Waals surface area contributed by atoms with Crippen molar-refractivity contribution in [1.82, 2.24) is 19.2 Å². The summed E-state index contributed by atoms with van der Waals surface area (Å²) in [6.07, 6.45) is 2.09. The SMILES string of the molecule is CCOC(=O)N1CCC(NC(=O)CSc2nc3ccccc3n2S(C)(=O)=O)CC1. The van der Waals surface area contributed by atoms with Crippen LogP contribution in [-0.4, -0.2) is 72.0 Å². The van der Waals surface area contributed by atoms with E-state index in [9.17, 15) is 18.0 Å². The Bertz CT molecular complexity index is 997. The number of nitrogens with one attached hydrogen (secondary N) is 1. The zero-order valence-corrected chi connectivity index (χ0v) is 18.0. The fourth-order valence-corrected chi connectivity index (χ4v) is 5.34. The third-order valence-corrected chi connectivity index (χ3v) is 6.63. The molecule has 1 saturated heterocycles. The summed E-state index contributed by atoms with van der Waals surface area (Å²) in [6.45, 7) is 3.16. The normalized spacial score (nSPS) is 15.4. The van der Waals surface area contributed by atoms with Gasteiger partial charge in [-0.1, -0.05) is 23.9 Å². The standard InChI is InChI=1S/C18H24N4O5S2/c1-3-27-18(24)21-10-8-13(9-11-21)19-16(23)12-28-17-20-14-6-4-5-7-15(14)22(17)29(2,25)26/h4-7,13H,3,8-12H2,1-2H3,(H,19,23). The number of fused-ring (bicyclic) bond motifs is 1. The Kier molecular flexibility index (Phi) is 6.68. The molecule has 1 aromatic heterocycles. The summed E-state index contributed by atoms with van der Waals surface area (Å²) in [5, 5.41) is 3.21. The van der Waals surface area contributed by atoms with E-state index in [-0.39, 0.29) is 29.0 Å². The van der Waals surface area contributed by atoms with Crippen molar-refractivity contribution in [3.63, 3.8) is 0 Å². The molecule has 0 atom stereocenters. The van der Waals surface area contributed by atoms with E-state index in [1.807, 2.05) is 0 Å². The van der Waals surface area contributed by atoms with E-state index in [4.69, 9.17) is 4.74 Å². The molecule has 1 fully saturated rings. The molecule has 9 nitrogen and oxygen atoms in total. The molecule has 1 aliphatic rings. The van der Waals surface area contributed by atoms with Crippen molar-refractivity contribution in [1.29, 1.82) is 0 Å². The predicted octanol–water partition coefficient (Wildman–Crippen LogP) is 1.67. The summed E-state index contributed by atoms with van der Waals surface area (Å²) in [7, 11) is -3.56. The molecule has 2 heterocycles. The number of para-hydroxylation sites is 2. The quantitative estimate of drug-likeness (QED) is 0.680. The Labute approximate surface area is 173 Å². The maximum Gasteiger partial charge on any atom is 0.409 e. The molecule has 0 spiro atoms. The Morgan fingerprint density at radius 3 is 2.62 bits per heavy atom. The van der Waals surface area contributed by atoms with Gasteiger partial charge in [0, 0.05) is 19.1 Å². The number of nitrogens with zero attached hydrogens (tertiary/aromatic N) is 3. The first kappa shape index (κ1) is 21.4. The topological polar surface area (TPSA) is 111 Å². The van der Waals surface area contributed by atoms with Gasteiger partial charge in [0.1, 0.15) is 0 Å². The molecule has 1 aliphatic heterocycles. The fraction of sp³-hybridized carbons (Fsp3) is 0.500. The number of rotatable bonds is 6. The number of hydrogen-bond donors (Lipinski definition) is 1. The van der Waals surface area contributed by atoms with Crippen molar-refractivity contribution in [2.24, 2.45) is 0 Å². The summed E-state index contributed by atoms with van der Waals surface area (Å²) < 4.78 is 30.5. The largest absolute Gasteiger partial charge is 0.450 e. The number of likely N-dealkylation sites (tertiary alicyclic amines) is 1. The van der Waals surface area contributed by atoms with Crippen LogP contribution in [0.15, 0.2) is 29.4 Å². The maximum atomic E-state index is 12.4. The van der Waals surface area contributed by atoms with Crippen LogP contribution in [0.3, 0.4) is 0 Å². The highest BCUT2D eigenvalue weighted by Crippen LogP contribution is 2.25. The van der Waals surface area contributed by atoms with E-state index in [1.54, 1.807) is 36.1 Å². The lowest BCUT2D eigenvalue weighted by Gasteiger charge is -2.31. The highest BCUT2D eigenvalue weighted by Gasteiger charge is 2.25. The molecule has 0 aliphatic carbocycles. The van der Waals surface area contributed by atoms with Gasteiger partial charge < -0.3 is 15.0 Å². The first-order chi connectivity index (χ1) is 13.8. The zero-order chi connectivity index (χ0) is 21.0. The molecule has 0 radical (unpaired) electrons. The van der Waals surface area contributed by atoms with Crippen molar-refractivity contribution in [2.45, 2.75) is 31.0 Å². The number of hydrogen-bond acceptors (Lipinski definition) is 7. The van der Waals surface area contributed by atoms with Crippen LogP contribution < -0.4 is 5.32 Å². The van der Waals surface area contributed by atoms with Crippen molar-refractivity contribution < 1.29 is 22.7 Å². The maximum absolute atomic E-state index is 12.4. The van der Waals surface area contributed by atoms with E-state index in [0.717, 1.165) is 22.0 Å². The van der Waals surface area contributed by atoms with Gasteiger partial charge in [0.05, 0.1) is 29.6 Å². The molecule has 0 unspecified atom stereocenters. The summed E-state index contributed by atoms with van der Waals surface area (Å²) in [6, 6.07) is 6.92. The summed E-state index contributed by atoms with van der Waals surface area (Å²) in [5.41, 5.74) is 1.05. The molecule has 2 aromatic rings. The average Bonchev–Trinajstić information content (AvgIpc) is 3.06. The Morgan fingerprint density at radius 1 is 1.28 bits per heavy atom. The first-order valence-electron chi connectivity index (χ1n) is 9.31. The van der Waals surface area contributed by atoms with Crippen LogP contribution in [0.4, 0.5) is 4.79 Å². The van der Waals surface area contributed by atoms with E-state index in [1.165, 1.54) is 0 Å². The lowest BCUT2D eigenvalue weighted by molar-refractivity contribution is -0.119. The lowest BCUT2D eigenvalue weighted by atomic mass is 10.1. The van der Waals surface area contributed by atoms with Crippen LogP contribution in [0.1, 0.15) is 19.8 Å². The second-order valence-corrected chi connectivity index (χ2v) is 9.50. The minimum atomic E-state index is -3.56. The molecular formula is C18H24N4O5S2. The van der Waals surface area contributed by atoms with Crippen molar-refractivity contribution in [2.75, 3.05) is 31.7 Å². The minimum Gasteiger partial charge on any atom is -0.450 e. The van der Waals surface area contributed by atoms with Gasteiger partial charge in [0.15, 0.2) is 5.16 Å². The zero-order valence-electron chi connectivity index (χ0n) is 16.3. The van der Waals surface area contributed by atoms with Crippen LogP contribution in [0.2, 0.25) is 0 Å². The summed E-state index contributed by atoms with van der Waals surface area (Å²) in [5.74, 6) is -0.145. The molecule has 0 saturated carbocycles. The molecule has 0 bridgehead atoms. The van der Waals surface area contributed by atoms with Gasteiger partial charge in [0.25, 0.3) is 0 Å². The van der Waals surface area contributed by atoms with Crippen LogP contribution in [0, 0.1) is 0 Å². The Hall–Kier alpha value is -2.27. The second-order valence-electron chi connectivity index (χ2n) is 6.73. The van der Waals surface area contributed by atoms with Gasteiger partial charge in [-0.15, -0.1) is 0 Å². The van der Waals surface area contributed by atoms with Crippen LogP contribution in [-0.2, 0) is 19.6 Å². The summed E-state index contributed by atoms with van der Waals surface area (Å²) >= 11 is 1.08. The monoisotopic (exact) mass is 440 g/mol. The Morgan fingerprint density at radius 2 is 1.97 bits per heavy atom. The second kappa shape index (κ2) is 9.04. The third kappa shape index (κ3) is 5.21. The van der Waals surface area contributed by atoms with Crippen LogP contribution >= 0.6 is 11.8 Å². The predicted molar refractivity (Wildman–Crippen MR) is 110 cm³/mol. The third-order valence-electron chi connectivity index (χ3n) is 4.54. The molecule has 1 aromatic carbocycles. The molecule has 2 amide bonds. The van der Waals surface area contributed by atoms with Gasteiger partial charge in [0.2, 0.25) is 15.9 Å². The van der Waals surface area contributed by atoms with Gasteiger partial charge in [-0.2, -0.15) is 0 Å². The number of ether oxygens (including phenoxy) is 1. The van der Waals surface area contributed by atoms with E-state index >= 15 is 0 Å². The first-order valence-corrected chi connectivity index (χ1v) is 12.1. The fourth-order valence-electron chi connectivity index (χ4n) is 3.21. The van der Waals surface area contributed by atoms with E-state index in [2.05, 4.69) is 10.3 Å². The molecule has 1 N–H and O–H groups in total. The smallest absolute Gasteiger partial charge is 0.409 e. The average molecular weight is 441 g/mol. The van der Waals surface area contributed by atoms with Gasteiger partial charge in [-0.05, 0) is 31.9 Å². The van der Waals surface area contributed by atoms with Gasteiger partial charge in [-0.3, -0.25) is 4.79 Å². The number of aromatic nitrogens is 2. The highest BCUT2D eigenvalue weighted by molar-refractivity contribution is 8.00. The molecule has 158 valence electrons. The molecule has 11 heteroatoms. The van der Waals surface area contributed by atoms with E-state index in [0.29, 0.717) is 43.6 Å².